The van der Waals surface area contributed by atoms with Crippen molar-refractivity contribution in [1.29, 1.82) is 0 Å². The number of nitrogens with zero attached hydrogens (tertiary/aromatic N) is 2. The van der Waals surface area contributed by atoms with Gasteiger partial charge >= 0.3 is 0 Å². The van der Waals surface area contributed by atoms with E-state index in [4.69, 9.17) is 15.1 Å². The van der Waals surface area contributed by atoms with Gasteiger partial charge in [0.15, 0.2) is 11.9 Å². The molecule has 0 aliphatic rings. The number of rotatable bonds is 1. The minimum absolute atomic E-state index is 0.270. The second-order valence-corrected chi connectivity index (χ2v) is 5.91. The quantitative estimate of drug-likeness (QED) is 0.347. The Morgan fingerprint density at radius 3 is 2.79 bits per heavy atom. The summed E-state index contributed by atoms with van der Waals surface area (Å²) in [6, 6.07) is 12.7. The molecule has 3 heteroatoms. The Kier molecular flexibility index (Phi) is 2.48. The molecule has 0 spiro atoms. The molecule has 2 heterocycles. The molecule has 0 saturated heterocycles. The van der Waals surface area contributed by atoms with Crippen LogP contribution in [0.5, 0.6) is 0 Å². The minimum atomic E-state index is -2.27. The first-order chi connectivity index (χ1) is 12.8. The van der Waals surface area contributed by atoms with Gasteiger partial charge in [-0.25, -0.2) is 9.41 Å². The van der Waals surface area contributed by atoms with Gasteiger partial charge in [0.25, 0.3) is 0 Å². The molecule has 3 nitrogen and oxygen atoms in total. The van der Waals surface area contributed by atoms with Crippen LogP contribution in [0.25, 0.3) is 38.0 Å². The first kappa shape index (κ1) is 11.4. The van der Waals surface area contributed by atoms with Crippen LogP contribution in [0, 0.1) is 20.3 Å². The molecule has 0 atom stereocenters. The van der Waals surface area contributed by atoms with Crippen LogP contribution < -0.4 is 4.57 Å². The van der Waals surface area contributed by atoms with Crippen molar-refractivity contribution in [2.75, 3.05) is 0 Å². The van der Waals surface area contributed by atoms with Gasteiger partial charge in [-0.3, -0.25) is 0 Å². The fourth-order valence-corrected chi connectivity index (χ4v) is 3.24. The van der Waals surface area contributed by atoms with Crippen molar-refractivity contribution in [1.82, 2.24) is 0 Å². The van der Waals surface area contributed by atoms with Crippen molar-refractivity contribution in [3.8, 4) is 11.3 Å². The van der Waals surface area contributed by atoms with E-state index in [0.29, 0.717) is 27.6 Å². The van der Waals surface area contributed by atoms with Gasteiger partial charge in [0.05, 0.1) is 12.1 Å². The van der Waals surface area contributed by atoms with Crippen LogP contribution >= 0.6 is 0 Å². The second kappa shape index (κ2) is 5.21. The summed E-state index contributed by atoms with van der Waals surface area (Å²) in [5.74, 6) is 0. The highest BCUT2D eigenvalue weighted by molar-refractivity contribution is 6.12. The van der Waals surface area contributed by atoms with E-state index in [1.54, 1.807) is 24.3 Å². The molecule has 0 aliphatic carbocycles. The third kappa shape index (κ3) is 2.00. The molecule has 0 unspecified atom stereocenters. The van der Waals surface area contributed by atoms with Gasteiger partial charge in [-0.1, -0.05) is 18.2 Å². The van der Waals surface area contributed by atoms with E-state index >= 15 is 0 Å². The first-order valence-electron chi connectivity index (χ1n) is 9.14. The first-order valence-corrected chi connectivity index (χ1v) is 7.64. The number of hydrogen-bond donors (Lipinski definition) is 0. The zero-order chi connectivity index (χ0) is 19.3. The lowest BCUT2D eigenvalue weighted by atomic mass is 9.97. The summed E-state index contributed by atoms with van der Waals surface area (Å²) >= 11 is 0. The predicted octanol–water partition coefficient (Wildman–Crippen LogP) is 5.25. The molecular formula is C21H17N2O+. The van der Waals surface area contributed by atoms with E-state index in [1.165, 1.54) is 0 Å². The molecule has 0 radical (unpaired) electrons. The summed E-state index contributed by atoms with van der Waals surface area (Å²) < 4.78 is 32.1. The van der Waals surface area contributed by atoms with E-state index < -0.39 is 6.85 Å². The number of hydrogen-bond acceptors (Lipinski definition) is 1. The fraction of sp³-hybridized carbons (Fsp3) is 0.143. The SMILES string of the molecule is [2H]C([2H])([2H])c1cc(C)c(-c2cccc[n+]2C)c2oc3cc([N+]#[C-])ccc3c12. The lowest BCUT2D eigenvalue weighted by Gasteiger charge is -2.07. The lowest BCUT2D eigenvalue weighted by molar-refractivity contribution is -0.660. The molecule has 0 aliphatic heterocycles. The normalized spacial score (nSPS) is 13.5. The van der Waals surface area contributed by atoms with Crippen LogP contribution in [-0.2, 0) is 7.05 Å². The largest absolute Gasteiger partial charge is 0.456 e. The van der Waals surface area contributed by atoms with Crippen LogP contribution in [-0.4, -0.2) is 0 Å². The molecule has 2 aromatic heterocycles. The minimum Gasteiger partial charge on any atom is -0.456 e. The van der Waals surface area contributed by atoms with Gasteiger partial charge in [-0.15, -0.1) is 0 Å². The highest BCUT2D eigenvalue weighted by atomic mass is 16.3. The van der Waals surface area contributed by atoms with Gasteiger partial charge in [-0.2, -0.15) is 0 Å². The average Bonchev–Trinajstić information content (AvgIpc) is 2.99. The van der Waals surface area contributed by atoms with E-state index in [-0.39, 0.29) is 5.56 Å². The van der Waals surface area contributed by atoms with E-state index in [0.717, 1.165) is 16.8 Å². The topological polar surface area (TPSA) is 21.4 Å². The number of aromatic nitrogens is 1. The lowest BCUT2D eigenvalue weighted by Crippen LogP contribution is -2.30. The van der Waals surface area contributed by atoms with Gasteiger partial charge in [-0.05, 0) is 37.0 Å². The Labute approximate surface area is 144 Å². The van der Waals surface area contributed by atoms with Crippen LogP contribution in [0.15, 0.2) is 53.1 Å². The Hall–Kier alpha value is -3.12. The summed E-state index contributed by atoms with van der Waals surface area (Å²) in [5, 5.41) is 1.30. The Morgan fingerprint density at radius 1 is 1.17 bits per heavy atom. The van der Waals surface area contributed by atoms with E-state index in [2.05, 4.69) is 4.85 Å². The Bertz CT molecular complexity index is 1250. The molecule has 4 rings (SSSR count). The van der Waals surface area contributed by atoms with Crippen molar-refractivity contribution in [2.45, 2.75) is 13.8 Å². The van der Waals surface area contributed by atoms with Crippen LogP contribution in [0.1, 0.15) is 15.2 Å². The Morgan fingerprint density at radius 2 is 2.04 bits per heavy atom. The summed E-state index contributed by atoms with van der Waals surface area (Å²) in [6.45, 7) is 6.85. The van der Waals surface area contributed by atoms with Crippen molar-refractivity contribution >= 4 is 27.6 Å². The third-order valence-corrected chi connectivity index (χ3v) is 4.37. The molecule has 24 heavy (non-hydrogen) atoms. The maximum Gasteiger partial charge on any atom is 0.216 e. The maximum absolute atomic E-state index is 8.00. The van der Waals surface area contributed by atoms with Crippen LogP contribution in [0.4, 0.5) is 5.69 Å². The molecular weight excluding hydrogens is 296 g/mol. The third-order valence-electron chi connectivity index (χ3n) is 4.37. The average molecular weight is 316 g/mol. The second-order valence-electron chi connectivity index (χ2n) is 5.91. The van der Waals surface area contributed by atoms with Crippen molar-refractivity contribution < 1.29 is 13.1 Å². The maximum atomic E-state index is 8.00. The van der Waals surface area contributed by atoms with Gasteiger partial charge < -0.3 is 4.42 Å². The highest BCUT2D eigenvalue weighted by Crippen LogP contribution is 2.39. The summed E-state index contributed by atoms with van der Waals surface area (Å²) in [5.41, 5.74) is 4.42. The standard InChI is InChI=1S/C21H17N2O/c1-13-11-14(2)20(17-7-5-6-10-23(17)4)21-19(13)16-9-8-15(22-3)12-18(16)24-21/h5-12H,1-2,4H3/q+1/i1D3. The molecule has 0 fully saturated rings. The zero-order valence-corrected chi connectivity index (χ0v) is 13.4. The van der Waals surface area contributed by atoms with Gasteiger partial charge in [0, 0.05) is 27.0 Å². The smallest absolute Gasteiger partial charge is 0.216 e. The number of furan rings is 1. The summed E-state index contributed by atoms with van der Waals surface area (Å²) in [6.07, 6.45) is 1.94. The summed E-state index contributed by atoms with van der Waals surface area (Å²) in [4.78, 5) is 3.45. The fourth-order valence-electron chi connectivity index (χ4n) is 3.24. The van der Waals surface area contributed by atoms with Crippen LogP contribution in [0.2, 0.25) is 0 Å². The summed E-state index contributed by atoms with van der Waals surface area (Å²) in [7, 11) is 1.94. The molecule has 0 N–H and O–H groups in total. The van der Waals surface area contributed by atoms with Crippen molar-refractivity contribution in [3.63, 3.8) is 0 Å². The van der Waals surface area contributed by atoms with Gasteiger partial charge in [0.1, 0.15) is 18.2 Å². The van der Waals surface area contributed by atoms with E-state index in [9.17, 15) is 0 Å². The molecule has 116 valence electrons. The van der Waals surface area contributed by atoms with Crippen LogP contribution in [0.3, 0.4) is 0 Å². The highest BCUT2D eigenvalue weighted by Gasteiger charge is 2.21. The van der Waals surface area contributed by atoms with Crippen molar-refractivity contribution in [3.05, 3.63) is 71.2 Å². The number of aryl methyl sites for hydroxylation is 3. The number of pyridine rings is 1. The Balaban J connectivity index is 2.23. The van der Waals surface area contributed by atoms with Gasteiger partial charge in [0.2, 0.25) is 5.69 Å². The molecule has 0 saturated carbocycles. The van der Waals surface area contributed by atoms with E-state index in [1.807, 2.05) is 42.9 Å². The molecule has 4 aromatic rings. The monoisotopic (exact) mass is 316 g/mol. The predicted molar refractivity (Wildman–Crippen MR) is 96.1 cm³/mol. The van der Waals surface area contributed by atoms with Crippen molar-refractivity contribution in [2.24, 2.45) is 7.05 Å². The molecule has 2 aromatic carbocycles. The number of fused-ring (bicyclic) bond motifs is 3. The molecule has 0 bridgehead atoms. The number of benzene rings is 2. The molecule has 0 amide bonds. The zero-order valence-electron chi connectivity index (χ0n) is 16.4.